The lowest BCUT2D eigenvalue weighted by Gasteiger charge is -2.23. The second-order valence-electron chi connectivity index (χ2n) is 5.90. The van der Waals surface area contributed by atoms with Gasteiger partial charge in [0.25, 0.3) is 5.91 Å². The molecule has 1 atom stereocenters. The van der Waals surface area contributed by atoms with Crippen LogP contribution in [0.1, 0.15) is 28.3 Å². The first-order valence-electron chi connectivity index (χ1n) is 8.09. The van der Waals surface area contributed by atoms with Crippen molar-refractivity contribution in [3.05, 3.63) is 59.1 Å². The van der Waals surface area contributed by atoms with Crippen molar-refractivity contribution in [3.63, 3.8) is 0 Å². The highest BCUT2D eigenvalue weighted by Crippen LogP contribution is 2.28. The van der Waals surface area contributed by atoms with Gasteiger partial charge in [-0.3, -0.25) is 4.79 Å². The number of nitrogens with zero attached hydrogens (tertiary/aromatic N) is 2. The Balaban J connectivity index is 1.61. The molecule has 0 spiro atoms. The molecule has 0 aliphatic carbocycles. The molecule has 1 heterocycles. The van der Waals surface area contributed by atoms with Gasteiger partial charge >= 0.3 is 5.97 Å². The minimum Gasteiger partial charge on any atom is -0.452 e. The van der Waals surface area contributed by atoms with Crippen molar-refractivity contribution in [2.75, 3.05) is 19.4 Å². The lowest BCUT2D eigenvalue weighted by atomic mass is 10.2. The summed E-state index contributed by atoms with van der Waals surface area (Å²) in [6.45, 7) is 1.58. The number of likely N-dealkylation sites (N-methyl/N-ethyl adjacent to an activating group) is 1. The van der Waals surface area contributed by atoms with E-state index in [9.17, 15) is 9.59 Å². The number of nitrogen functional groups attached to an aromatic ring is 1. The summed E-state index contributed by atoms with van der Waals surface area (Å²) in [6.07, 6.45) is 0. The maximum Gasteiger partial charge on any atom is 0.338 e. The van der Waals surface area contributed by atoms with Crippen LogP contribution < -0.4 is 5.73 Å². The van der Waals surface area contributed by atoms with Crippen LogP contribution in [0.5, 0.6) is 0 Å². The van der Waals surface area contributed by atoms with Crippen LogP contribution in [0.2, 0.25) is 0 Å². The molecule has 0 bridgehead atoms. The van der Waals surface area contributed by atoms with E-state index < -0.39 is 5.97 Å². The monoisotopic (exact) mass is 369 g/mol. The Morgan fingerprint density at radius 3 is 2.58 bits per heavy atom. The molecule has 0 saturated heterocycles. The van der Waals surface area contributed by atoms with Gasteiger partial charge in [0, 0.05) is 12.7 Å². The van der Waals surface area contributed by atoms with Gasteiger partial charge in [-0.2, -0.15) is 0 Å². The largest absolute Gasteiger partial charge is 0.452 e. The Morgan fingerprint density at radius 2 is 1.88 bits per heavy atom. The number of carbonyl (C=O) groups is 2. The van der Waals surface area contributed by atoms with Crippen LogP contribution in [0.15, 0.2) is 48.5 Å². The maximum absolute atomic E-state index is 12.4. The number of rotatable bonds is 5. The first-order chi connectivity index (χ1) is 12.5. The Hall–Kier alpha value is -2.93. The molecule has 0 saturated carbocycles. The Morgan fingerprint density at radius 1 is 1.19 bits per heavy atom. The van der Waals surface area contributed by atoms with E-state index >= 15 is 0 Å². The number of benzene rings is 2. The zero-order chi connectivity index (χ0) is 18.7. The summed E-state index contributed by atoms with van der Waals surface area (Å²) in [5.74, 6) is -0.847. The van der Waals surface area contributed by atoms with Crippen LogP contribution in [0.4, 0.5) is 5.69 Å². The van der Waals surface area contributed by atoms with Crippen molar-refractivity contribution >= 4 is 39.1 Å². The lowest BCUT2D eigenvalue weighted by Crippen LogP contribution is -2.33. The van der Waals surface area contributed by atoms with Gasteiger partial charge in [0.15, 0.2) is 6.61 Å². The second-order valence-corrected chi connectivity index (χ2v) is 6.96. The van der Waals surface area contributed by atoms with E-state index in [0.29, 0.717) is 11.3 Å². The van der Waals surface area contributed by atoms with Crippen LogP contribution >= 0.6 is 11.3 Å². The number of anilines is 1. The molecule has 7 heteroatoms. The fourth-order valence-electron chi connectivity index (χ4n) is 2.38. The summed E-state index contributed by atoms with van der Waals surface area (Å²) < 4.78 is 6.18. The van der Waals surface area contributed by atoms with Crippen LogP contribution in [-0.4, -0.2) is 35.4 Å². The van der Waals surface area contributed by atoms with E-state index in [0.717, 1.165) is 15.2 Å². The number of amides is 1. The molecular weight excluding hydrogens is 350 g/mol. The molecule has 2 aromatic carbocycles. The van der Waals surface area contributed by atoms with Gasteiger partial charge in [0.2, 0.25) is 0 Å². The van der Waals surface area contributed by atoms with Gasteiger partial charge < -0.3 is 15.4 Å². The standard InChI is InChI=1S/C19H19N3O3S/c1-12(18-21-15-5-3-4-6-16(15)26-18)22(2)17(23)11-25-19(24)13-7-9-14(20)10-8-13/h3-10,12H,11,20H2,1-2H3/t12-/m1/s1. The van der Waals surface area contributed by atoms with Crippen LogP contribution in [0.3, 0.4) is 0 Å². The average molecular weight is 369 g/mol. The highest BCUT2D eigenvalue weighted by Gasteiger charge is 2.22. The van der Waals surface area contributed by atoms with Gasteiger partial charge in [-0.1, -0.05) is 12.1 Å². The highest BCUT2D eigenvalue weighted by atomic mass is 32.1. The summed E-state index contributed by atoms with van der Waals surface area (Å²) in [4.78, 5) is 30.5. The number of aromatic nitrogens is 1. The number of hydrogen-bond acceptors (Lipinski definition) is 6. The zero-order valence-electron chi connectivity index (χ0n) is 14.5. The smallest absolute Gasteiger partial charge is 0.338 e. The molecule has 3 rings (SSSR count). The number of thiazole rings is 1. The van der Waals surface area contributed by atoms with E-state index in [1.54, 1.807) is 42.6 Å². The number of esters is 1. The summed E-state index contributed by atoms with van der Waals surface area (Å²) >= 11 is 1.55. The SMILES string of the molecule is C[C@H](c1nc2ccccc2s1)N(C)C(=O)COC(=O)c1ccc(N)cc1. The van der Waals surface area contributed by atoms with Crippen molar-refractivity contribution in [1.82, 2.24) is 9.88 Å². The van der Waals surface area contributed by atoms with E-state index in [2.05, 4.69) is 4.98 Å². The molecule has 0 aliphatic rings. The lowest BCUT2D eigenvalue weighted by molar-refractivity contribution is -0.135. The van der Waals surface area contributed by atoms with Gasteiger partial charge in [-0.15, -0.1) is 11.3 Å². The molecule has 0 fully saturated rings. The molecule has 2 N–H and O–H groups in total. The van der Waals surface area contributed by atoms with Crippen LogP contribution in [0, 0.1) is 0 Å². The fourth-order valence-corrected chi connectivity index (χ4v) is 3.44. The minimum absolute atomic E-state index is 0.213. The van der Waals surface area contributed by atoms with Gasteiger partial charge in [0.1, 0.15) is 5.01 Å². The maximum atomic E-state index is 12.4. The van der Waals surface area contributed by atoms with Crippen molar-refractivity contribution in [3.8, 4) is 0 Å². The minimum atomic E-state index is -0.556. The number of nitrogens with two attached hydrogens (primary N) is 1. The van der Waals surface area contributed by atoms with Crippen molar-refractivity contribution in [2.24, 2.45) is 0 Å². The van der Waals surface area contributed by atoms with Gasteiger partial charge in [0.05, 0.1) is 21.8 Å². The first kappa shape index (κ1) is 17.9. The van der Waals surface area contributed by atoms with Crippen LogP contribution in [0.25, 0.3) is 10.2 Å². The van der Waals surface area contributed by atoms with Crippen molar-refractivity contribution in [1.29, 1.82) is 0 Å². The molecule has 1 amide bonds. The predicted octanol–water partition coefficient (Wildman–Crippen LogP) is 3.25. The summed E-state index contributed by atoms with van der Waals surface area (Å²) in [5.41, 5.74) is 7.41. The predicted molar refractivity (Wildman–Crippen MR) is 102 cm³/mol. The van der Waals surface area contributed by atoms with Crippen molar-refractivity contribution in [2.45, 2.75) is 13.0 Å². The van der Waals surface area contributed by atoms with Gasteiger partial charge in [-0.05, 0) is 43.3 Å². The molecule has 3 aromatic rings. The first-order valence-corrected chi connectivity index (χ1v) is 8.91. The average Bonchev–Trinajstić information content (AvgIpc) is 3.09. The number of ether oxygens (including phenoxy) is 1. The molecule has 0 aliphatic heterocycles. The third-order valence-corrected chi connectivity index (χ3v) is 5.32. The fraction of sp³-hybridized carbons (Fsp3) is 0.211. The normalized spacial score (nSPS) is 11.9. The summed E-state index contributed by atoms with van der Waals surface area (Å²) in [6, 6.07) is 14.0. The Kier molecular flexibility index (Phi) is 5.18. The van der Waals surface area contributed by atoms with Crippen LogP contribution in [-0.2, 0) is 9.53 Å². The third kappa shape index (κ3) is 3.83. The third-order valence-electron chi connectivity index (χ3n) is 4.12. The number of fused-ring (bicyclic) bond motifs is 1. The Labute approximate surface area is 155 Å². The topological polar surface area (TPSA) is 85.5 Å². The molecule has 134 valence electrons. The Bertz CT molecular complexity index is 904. The molecule has 0 unspecified atom stereocenters. The van der Waals surface area contributed by atoms with E-state index in [-0.39, 0.29) is 18.6 Å². The highest BCUT2D eigenvalue weighted by molar-refractivity contribution is 7.18. The summed E-state index contributed by atoms with van der Waals surface area (Å²) in [7, 11) is 1.68. The quantitative estimate of drug-likeness (QED) is 0.551. The van der Waals surface area contributed by atoms with E-state index in [1.807, 2.05) is 31.2 Å². The second kappa shape index (κ2) is 7.53. The molecule has 6 nitrogen and oxygen atoms in total. The molecular formula is C19H19N3O3S. The van der Waals surface area contributed by atoms with Crippen molar-refractivity contribution < 1.29 is 14.3 Å². The number of para-hydroxylation sites is 1. The number of hydrogen-bond donors (Lipinski definition) is 1. The zero-order valence-corrected chi connectivity index (χ0v) is 15.3. The number of carbonyl (C=O) groups excluding carboxylic acids is 2. The molecule has 0 radical (unpaired) electrons. The summed E-state index contributed by atoms with van der Waals surface area (Å²) in [5, 5.41) is 0.840. The van der Waals surface area contributed by atoms with E-state index in [1.165, 1.54) is 4.90 Å². The molecule has 26 heavy (non-hydrogen) atoms. The van der Waals surface area contributed by atoms with Gasteiger partial charge in [-0.25, -0.2) is 9.78 Å². The molecule has 1 aromatic heterocycles. The van der Waals surface area contributed by atoms with E-state index in [4.69, 9.17) is 10.5 Å².